The molecular weight excluding hydrogens is 424 g/mol. The number of carbonyl (C=O) groups is 3. The van der Waals surface area contributed by atoms with E-state index in [1.165, 1.54) is 6.21 Å². The minimum atomic E-state index is -0.850. The molecular formula is C24H30N4O5. The van der Waals surface area contributed by atoms with Crippen molar-refractivity contribution in [3.63, 3.8) is 0 Å². The Bertz CT molecular complexity index is 1000. The van der Waals surface area contributed by atoms with Crippen molar-refractivity contribution in [2.75, 3.05) is 25.1 Å². The zero-order chi connectivity index (χ0) is 24.2. The van der Waals surface area contributed by atoms with Crippen molar-refractivity contribution in [2.24, 2.45) is 11.0 Å². The summed E-state index contributed by atoms with van der Waals surface area (Å²) in [5.41, 5.74) is 4.52. The van der Waals surface area contributed by atoms with E-state index >= 15 is 0 Å². The van der Waals surface area contributed by atoms with Crippen LogP contribution >= 0.6 is 0 Å². The SMILES string of the molecule is CCOc1cc(/C=N\NC(=O)C(=O)NCC(C)C)ccc1OCC(=O)Nc1cccc(C)c1. The van der Waals surface area contributed by atoms with E-state index in [1.54, 1.807) is 24.3 Å². The summed E-state index contributed by atoms with van der Waals surface area (Å²) in [5.74, 6) is -0.847. The van der Waals surface area contributed by atoms with Crippen molar-refractivity contribution < 1.29 is 23.9 Å². The summed E-state index contributed by atoms with van der Waals surface area (Å²) >= 11 is 0. The maximum absolute atomic E-state index is 12.2. The molecule has 176 valence electrons. The van der Waals surface area contributed by atoms with E-state index in [2.05, 4.69) is 21.2 Å². The molecule has 0 saturated heterocycles. The Kier molecular flexibility index (Phi) is 9.88. The van der Waals surface area contributed by atoms with Gasteiger partial charge in [-0.1, -0.05) is 26.0 Å². The van der Waals surface area contributed by atoms with E-state index in [9.17, 15) is 14.4 Å². The van der Waals surface area contributed by atoms with Crippen LogP contribution in [0.5, 0.6) is 11.5 Å². The zero-order valence-corrected chi connectivity index (χ0v) is 19.3. The molecule has 9 nitrogen and oxygen atoms in total. The van der Waals surface area contributed by atoms with Crippen molar-refractivity contribution in [3.05, 3.63) is 53.6 Å². The second kappa shape index (κ2) is 12.8. The highest BCUT2D eigenvalue weighted by molar-refractivity contribution is 6.35. The molecule has 0 aliphatic heterocycles. The fourth-order valence-corrected chi connectivity index (χ4v) is 2.65. The number of hydrogen-bond acceptors (Lipinski definition) is 6. The lowest BCUT2D eigenvalue weighted by Crippen LogP contribution is -2.39. The maximum Gasteiger partial charge on any atom is 0.329 e. The smallest absolute Gasteiger partial charge is 0.329 e. The molecule has 2 rings (SSSR count). The second-order valence-corrected chi connectivity index (χ2v) is 7.65. The first kappa shape index (κ1) is 25.4. The van der Waals surface area contributed by atoms with Crippen LogP contribution in [0.15, 0.2) is 47.6 Å². The minimum Gasteiger partial charge on any atom is -0.490 e. The molecule has 0 atom stereocenters. The van der Waals surface area contributed by atoms with Gasteiger partial charge in [0, 0.05) is 12.2 Å². The first-order valence-corrected chi connectivity index (χ1v) is 10.7. The number of hydrazone groups is 1. The predicted octanol–water partition coefficient (Wildman–Crippen LogP) is 2.63. The lowest BCUT2D eigenvalue weighted by molar-refractivity contribution is -0.139. The van der Waals surface area contributed by atoms with Gasteiger partial charge in [0.2, 0.25) is 0 Å². The normalized spacial score (nSPS) is 10.7. The largest absolute Gasteiger partial charge is 0.490 e. The highest BCUT2D eigenvalue weighted by atomic mass is 16.5. The number of benzene rings is 2. The summed E-state index contributed by atoms with van der Waals surface area (Å²) < 4.78 is 11.2. The van der Waals surface area contributed by atoms with E-state index < -0.39 is 11.8 Å². The first-order valence-electron chi connectivity index (χ1n) is 10.7. The van der Waals surface area contributed by atoms with Crippen LogP contribution in [0.1, 0.15) is 31.9 Å². The second-order valence-electron chi connectivity index (χ2n) is 7.65. The molecule has 0 radical (unpaired) electrons. The van der Waals surface area contributed by atoms with Gasteiger partial charge in [0.05, 0.1) is 12.8 Å². The van der Waals surface area contributed by atoms with Gasteiger partial charge < -0.3 is 20.1 Å². The van der Waals surface area contributed by atoms with Gasteiger partial charge in [-0.2, -0.15) is 5.10 Å². The average Bonchev–Trinajstić information content (AvgIpc) is 2.77. The molecule has 0 fully saturated rings. The number of rotatable bonds is 10. The molecule has 0 bridgehead atoms. The summed E-state index contributed by atoms with van der Waals surface area (Å²) in [7, 11) is 0. The van der Waals surface area contributed by atoms with Crippen LogP contribution in [0.4, 0.5) is 5.69 Å². The fraction of sp³-hybridized carbons (Fsp3) is 0.333. The molecule has 2 aromatic carbocycles. The van der Waals surface area contributed by atoms with Crippen molar-refractivity contribution >= 4 is 29.6 Å². The third-order valence-electron chi connectivity index (χ3n) is 4.19. The van der Waals surface area contributed by atoms with E-state index in [0.29, 0.717) is 35.9 Å². The molecule has 0 aromatic heterocycles. The van der Waals surface area contributed by atoms with Gasteiger partial charge in [-0.05, 0) is 61.2 Å². The monoisotopic (exact) mass is 454 g/mol. The molecule has 0 heterocycles. The Balaban J connectivity index is 1.94. The highest BCUT2D eigenvalue weighted by Crippen LogP contribution is 2.28. The number of amides is 3. The molecule has 2 aromatic rings. The molecule has 0 spiro atoms. The van der Waals surface area contributed by atoms with Crippen LogP contribution in [-0.2, 0) is 14.4 Å². The van der Waals surface area contributed by atoms with Gasteiger partial charge in [-0.3, -0.25) is 14.4 Å². The Hall–Kier alpha value is -3.88. The molecule has 33 heavy (non-hydrogen) atoms. The minimum absolute atomic E-state index is 0.191. The maximum atomic E-state index is 12.2. The number of ether oxygens (including phenoxy) is 2. The summed E-state index contributed by atoms with van der Waals surface area (Å²) in [6.45, 7) is 8.22. The predicted molar refractivity (Wildman–Crippen MR) is 126 cm³/mol. The molecule has 9 heteroatoms. The number of aryl methyl sites for hydroxylation is 1. The molecule has 0 saturated carbocycles. The average molecular weight is 455 g/mol. The third kappa shape index (κ3) is 9.02. The summed E-state index contributed by atoms with van der Waals surface area (Å²) in [6.07, 6.45) is 1.38. The number of nitrogens with one attached hydrogen (secondary N) is 3. The van der Waals surface area contributed by atoms with E-state index in [-0.39, 0.29) is 18.4 Å². The lowest BCUT2D eigenvalue weighted by atomic mass is 10.2. The number of nitrogens with zero attached hydrogens (tertiary/aromatic N) is 1. The zero-order valence-electron chi connectivity index (χ0n) is 19.3. The van der Waals surface area contributed by atoms with Gasteiger partial charge in [0.15, 0.2) is 18.1 Å². The summed E-state index contributed by atoms with van der Waals surface area (Å²) in [6, 6.07) is 12.5. The van der Waals surface area contributed by atoms with Crippen LogP contribution in [-0.4, -0.2) is 43.7 Å². The summed E-state index contributed by atoms with van der Waals surface area (Å²) in [4.78, 5) is 35.6. The van der Waals surface area contributed by atoms with E-state index in [4.69, 9.17) is 9.47 Å². The van der Waals surface area contributed by atoms with Gasteiger partial charge in [0.1, 0.15) is 0 Å². The quantitative estimate of drug-likeness (QED) is 0.290. The van der Waals surface area contributed by atoms with Crippen LogP contribution in [0.3, 0.4) is 0 Å². The van der Waals surface area contributed by atoms with Crippen molar-refractivity contribution in [1.29, 1.82) is 0 Å². The van der Waals surface area contributed by atoms with E-state index in [1.807, 2.05) is 45.9 Å². The Morgan fingerprint density at radius 2 is 1.82 bits per heavy atom. The fourth-order valence-electron chi connectivity index (χ4n) is 2.65. The summed E-state index contributed by atoms with van der Waals surface area (Å²) in [5, 5.41) is 9.09. The highest BCUT2D eigenvalue weighted by Gasteiger charge is 2.13. The molecule has 0 aliphatic rings. The van der Waals surface area contributed by atoms with Gasteiger partial charge in [-0.25, -0.2) is 5.43 Å². The standard InChI is InChI=1S/C24H30N4O5/c1-5-32-21-12-18(14-26-28-24(31)23(30)25-13-16(2)3)9-10-20(21)33-15-22(29)27-19-8-6-7-17(4)11-19/h6-12,14,16H,5,13,15H2,1-4H3,(H,25,30)(H,27,29)(H,28,31)/b26-14-. The first-order chi connectivity index (χ1) is 15.8. The van der Waals surface area contributed by atoms with Gasteiger partial charge in [0.25, 0.3) is 5.91 Å². The lowest BCUT2D eigenvalue weighted by Gasteiger charge is -2.13. The van der Waals surface area contributed by atoms with Crippen molar-refractivity contribution in [1.82, 2.24) is 10.7 Å². The van der Waals surface area contributed by atoms with E-state index in [0.717, 1.165) is 5.56 Å². The van der Waals surface area contributed by atoms with Crippen molar-refractivity contribution in [3.8, 4) is 11.5 Å². The Morgan fingerprint density at radius 1 is 1.03 bits per heavy atom. The molecule has 0 unspecified atom stereocenters. The topological polar surface area (TPSA) is 118 Å². The van der Waals surface area contributed by atoms with Gasteiger partial charge in [-0.15, -0.1) is 0 Å². The number of hydrogen-bond donors (Lipinski definition) is 3. The molecule has 3 N–H and O–H groups in total. The van der Waals surface area contributed by atoms with Gasteiger partial charge >= 0.3 is 11.8 Å². The van der Waals surface area contributed by atoms with Crippen LogP contribution < -0.4 is 25.5 Å². The van der Waals surface area contributed by atoms with Crippen LogP contribution in [0.25, 0.3) is 0 Å². The molecule has 3 amide bonds. The number of anilines is 1. The third-order valence-corrected chi connectivity index (χ3v) is 4.19. The van der Waals surface area contributed by atoms with Crippen molar-refractivity contribution in [2.45, 2.75) is 27.7 Å². The van der Waals surface area contributed by atoms with Crippen LogP contribution in [0.2, 0.25) is 0 Å². The molecule has 0 aliphatic carbocycles. The Labute approximate surface area is 193 Å². The van der Waals surface area contributed by atoms with Crippen LogP contribution in [0, 0.1) is 12.8 Å². The Morgan fingerprint density at radius 3 is 2.52 bits per heavy atom. The number of carbonyl (C=O) groups excluding carboxylic acids is 3.